The maximum Gasteiger partial charge on any atom is 0.331 e. The Kier molecular flexibility index (Phi) is 11.1. The molecular weight excluding hydrogens is 468 g/mol. The molecule has 0 spiro atoms. The van der Waals surface area contributed by atoms with Crippen LogP contribution in [0.25, 0.3) is 0 Å². The number of esters is 1. The summed E-state index contributed by atoms with van der Waals surface area (Å²) < 4.78 is 23.1. The average Bonchev–Trinajstić information content (AvgIpc) is 2.83. The maximum atomic E-state index is 12.5. The number of methoxy groups -OCH3 is 1. The Balaban J connectivity index is 1.73. The molecule has 6 nitrogen and oxygen atoms in total. The summed E-state index contributed by atoms with van der Waals surface area (Å²) in [5.41, 5.74) is 4.05. The highest BCUT2D eigenvalue weighted by molar-refractivity contribution is 5.91. The summed E-state index contributed by atoms with van der Waals surface area (Å²) in [4.78, 5) is 24.8. The third kappa shape index (κ3) is 10.3. The normalized spacial score (nSPS) is 28.5. The summed E-state index contributed by atoms with van der Waals surface area (Å²) in [6.07, 6.45) is 12.8. The first-order valence-electron chi connectivity index (χ1n) is 12.7. The fourth-order valence-corrected chi connectivity index (χ4v) is 4.42. The smallest absolute Gasteiger partial charge is 0.331 e. The number of hydrogen-bond donors (Lipinski definition) is 0. The van der Waals surface area contributed by atoms with Crippen LogP contribution in [-0.2, 0) is 30.4 Å². The number of ether oxygens (including phenoxy) is 4. The van der Waals surface area contributed by atoms with Gasteiger partial charge in [0.2, 0.25) is 0 Å². The Hall–Kier alpha value is -3.22. The van der Waals surface area contributed by atoms with Crippen LogP contribution in [0.15, 0.2) is 84.0 Å². The van der Waals surface area contributed by atoms with Crippen molar-refractivity contribution in [3.05, 3.63) is 89.6 Å². The molecule has 2 aliphatic rings. The predicted octanol–water partition coefficient (Wildman–Crippen LogP) is 5.99. The molecule has 0 radical (unpaired) electrons. The Labute approximate surface area is 220 Å². The molecule has 6 heteroatoms. The van der Waals surface area contributed by atoms with Crippen molar-refractivity contribution in [2.45, 2.75) is 70.9 Å². The number of cyclic esters (lactones) is 1. The summed E-state index contributed by atoms with van der Waals surface area (Å²) >= 11 is 0. The van der Waals surface area contributed by atoms with Crippen molar-refractivity contribution in [2.75, 3.05) is 13.7 Å². The lowest BCUT2D eigenvalue weighted by Crippen LogP contribution is -2.28. The first-order chi connectivity index (χ1) is 17.8. The van der Waals surface area contributed by atoms with Crippen LogP contribution >= 0.6 is 0 Å². The van der Waals surface area contributed by atoms with Crippen molar-refractivity contribution in [3.63, 3.8) is 0 Å². The number of fused-ring (bicyclic) bond motifs is 2. The first kappa shape index (κ1) is 28.4. The fraction of sp³-hybridized carbons (Fsp3) is 0.419. The van der Waals surface area contributed by atoms with Crippen molar-refractivity contribution in [1.82, 2.24) is 0 Å². The highest BCUT2D eigenvalue weighted by Crippen LogP contribution is 2.27. The third-order valence-electron chi connectivity index (χ3n) is 6.18. The van der Waals surface area contributed by atoms with Crippen LogP contribution in [-0.4, -0.2) is 43.8 Å². The topological polar surface area (TPSA) is 71.1 Å². The van der Waals surface area contributed by atoms with Gasteiger partial charge in [-0.3, -0.25) is 4.79 Å². The number of rotatable bonds is 5. The van der Waals surface area contributed by atoms with Gasteiger partial charge in [0.25, 0.3) is 0 Å². The van der Waals surface area contributed by atoms with Crippen molar-refractivity contribution in [2.24, 2.45) is 0 Å². The van der Waals surface area contributed by atoms with E-state index in [4.69, 9.17) is 18.9 Å². The van der Waals surface area contributed by atoms with E-state index in [9.17, 15) is 9.59 Å². The van der Waals surface area contributed by atoms with Crippen LogP contribution in [0.5, 0.6) is 5.75 Å². The molecule has 0 aromatic heterocycles. The summed E-state index contributed by atoms with van der Waals surface area (Å²) in [6, 6.07) is 7.66. The number of allylic oxidation sites excluding steroid dienone is 4. The van der Waals surface area contributed by atoms with Crippen molar-refractivity contribution in [3.8, 4) is 5.75 Å². The zero-order valence-corrected chi connectivity index (χ0v) is 22.1. The van der Waals surface area contributed by atoms with Crippen LogP contribution in [0.1, 0.15) is 51.5 Å². The summed E-state index contributed by atoms with van der Waals surface area (Å²) in [5.74, 6) is 0.347. The Morgan fingerprint density at radius 1 is 1.03 bits per heavy atom. The lowest BCUT2D eigenvalue weighted by Gasteiger charge is -2.30. The monoisotopic (exact) mass is 506 g/mol. The SMILES string of the molecule is C=C1C[C@@H]2C/C=C/C(=O)C/C(C)=C\C=C\C(=O)O[C@H](COCc3ccc(OC)cc3)C/C(C)=C/[C@H](C1)O2. The number of hydrogen-bond acceptors (Lipinski definition) is 6. The Morgan fingerprint density at radius 3 is 2.57 bits per heavy atom. The van der Waals surface area contributed by atoms with Crippen LogP contribution in [0.2, 0.25) is 0 Å². The molecule has 1 fully saturated rings. The van der Waals surface area contributed by atoms with E-state index in [1.165, 1.54) is 6.08 Å². The second-order valence-electron chi connectivity index (χ2n) is 9.75. The van der Waals surface area contributed by atoms with Crippen molar-refractivity contribution in [1.29, 1.82) is 0 Å². The maximum absolute atomic E-state index is 12.5. The molecule has 37 heavy (non-hydrogen) atoms. The highest BCUT2D eigenvalue weighted by atomic mass is 16.6. The van der Waals surface area contributed by atoms with Gasteiger partial charge in [-0.05, 0) is 56.9 Å². The molecule has 0 unspecified atom stereocenters. The van der Waals surface area contributed by atoms with Gasteiger partial charge < -0.3 is 18.9 Å². The lowest BCUT2D eigenvalue weighted by atomic mass is 9.95. The molecule has 1 saturated heterocycles. The van der Waals surface area contributed by atoms with E-state index >= 15 is 0 Å². The molecule has 2 bridgehead atoms. The van der Waals surface area contributed by atoms with Gasteiger partial charge >= 0.3 is 5.97 Å². The van der Waals surface area contributed by atoms with Gasteiger partial charge in [0, 0.05) is 18.9 Å². The van der Waals surface area contributed by atoms with Crippen LogP contribution in [0.3, 0.4) is 0 Å². The minimum atomic E-state index is -0.456. The molecule has 3 rings (SSSR count). The van der Waals surface area contributed by atoms with E-state index in [-0.39, 0.29) is 24.6 Å². The van der Waals surface area contributed by atoms with E-state index in [0.717, 1.165) is 40.9 Å². The van der Waals surface area contributed by atoms with Gasteiger partial charge in [0.15, 0.2) is 5.78 Å². The highest BCUT2D eigenvalue weighted by Gasteiger charge is 2.23. The number of carbonyl (C=O) groups is 2. The summed E-state index contributed by atoms with van der Waals surface area (Å²) in [6.45, 7) is 8.72. The molecule has 2 aliphatic heterocycles. The third-order valence-corrected chi connectivity index (χ3v) is 6.18. The molecule has 0 amide bonds. The van der Waals surface area contributed by atoms with Gasteiger partial charge in [0.05, 0.1) is 32.5 Å². The summed E-state index contributed by atoms with van der Waals surface area (Å²) in [7, 11) is 1.63. The largest absolute Gasteiger partial charge is 0.497 e. The molecular formula is C31H38O6. The summed E-state index contributed by atoms with van der Waals surface area (Å²) in [5, 5.41) is 0. The minimum Gasteiger partial charge on any atom is -0.497 e. The van der Waals surface area contributed by atoms with E-state index in [1.807, 2.05) is 44.2 Å². The molecule has 0 N–H and O–H groups in total. The van der Waals surface area contributed by atoms with E-state index in [0.29, 0.717) is 25.9 Å². The lowest BCUT2D eigenvalue weighted by molar-refractivity contribution is -0.146. The minimum absolute atomic E-state index is 0.0146. The molecule has 3 atom stereocenters. The van der Waals surface area contributed by atoms with Gasteiger partial charge in [-0.15, -0.1) is 0 Å². The van der Waals surface area contributed by atoms with Crippen LogP contribution in [0, 0.1) is 0 Å². The Bertz CT molecular complexity index is 1060. The van der Waals surface area contributed by atoms with E-state index in [2.05, 4.69) is 12.7 Å². The zero-order chi connectivity index (χ0) is 26.6. The second-order valence-corrected chi connectivity index (χ2v) is 9.75. The Morgan fingerprint density at radius 2 is 1.81 bits per heavy atom. The molecule has 0 saturated carbocycles. The van der Waals surface area contributed by atoms with Crippen molar-refractivity contribution < 1.29 is 28.5 Å². The fourth-order valence-electron chi connectivity index (χ4n) is 4.42. The molecule has 198 valence electrons. The predicted molar refractivity (Wildman–Crippen MR) is 144 cm³/mol. The average molecular weight is 507 g/mol. The van der Waals surface area contributed by atoms with Gasteiger partial charge in [0.1, 0.15) is 11.9 Å². The van der Waals surface area contributed by atoms with Gasteiger partial charge in [-0.25, -0.2) is 4.79 Å². The van der Waals surface area contributed by atoms with E-state index in [1.54, 1.807) is 25.3 Å². The standard InChI is InChI=1S/C31H38O6/c1-22-7-5-10-31(33)37-30(21-35-20-25-11-13-27(34-4)14-12-25)19-24(3)18-29-17-23(2)16-28(36-29)9-6-8-26(32)15-22/h5-8,10-14,18,28-30H,2,9,15-17,19-21H2,1,3-4H3/b8-6+,10-5+,22-7-,24-18+/t28-,29-,30-/m0/s1. The molecule has 1 aromatic rings. The second kappa shape index (κ2) is 14.5. The quantitative estimate of drug-likeness (QED) is 0.361. The number of ketones is 1. The number of benzene rings is 1. The van der Waals surface area contributed by atoms with Gasteiger partial charge in [-0.2, -0.15) is 0 Å². The zero-order valence-electron chi connectivity index (χ0n) is 22.1. The van der Waals surface area contributed by atoms with Crippen LogP contribution < -0.4 is 4.74 Å². The molecule has 1 aromatic carbocycles. The van der Waals surface area contributed by atoms with Crippen molar-refractivity contribution >= 4 is 11.8 Å². The first-order valence-corrected chi connectivity index (χ1v) is 12.7. The van der Waals surface area contributed by atoms with Crippen LogP contribution in [0.4, 0.5) is 0 Å². The van der Waals surface area contributed by atoms with Gasteiger partial charge in [-0.1, -0.05) is 59.7 Å². The molecule has 2 heterocycles. The number of carbonyl (C=O) groups excluding carboxylic acids is 2. The van der Waals surface area contributed by atoms with E-state index < -0.39 is 12.1 Å². The molecule has 0 aliphatic carbocycles.